The van der Waals surface area contributed by atoms with Gasteiger partial charge in [-0.1, -0.05) is 12.1 Å². The number of hydrogen-bond donors (Lipinski definition) is 1. The number of benzene rings is 1. The monoisotopic (exact) mass is 181 g/mol. The molecule has 1 aromatic carbocycles. The van der Waals surface area contributed by atoms with E-state index in [9.17, 15) is 4.39 Å². The molecule has 0 amide bonds. The maximum Gasteiger partial charge on any atom is 0.165 e. The molecule has 1 rings (SSSR count). The largest absolute Gasteiger partial charge is 0.494 e. The lowest BCUT2D eigenvalue weighted by Crippen LogP contribution is -2.06. The van der Waals surface area contributed by atoms with E-state index in [-0.39, 0.29) is 17.6 Å². The van der Waals surface area contributed by atoms with Crippen molar-refractivity contribution in [1.29, 1.82) is 0 Å². The second-order valence-electron chi connectivity index (χ2n) is 2.66. The van der Waals surface area contributed by atoms with E-state index >= 15 is 0 Å². The predicted molar refractivity (Wildman–Crippen MR) is 50.1 cm³/mol. The fourth-order valence-corrected chi connectivity index (χ4v) is 1.02. The van der Waals surface area contributed by atoms with Crippen LogP contribution in [0.15, 0.2) is 30.9 Å². The van der Waals surface area contributed by atoms with Crippen molar-refractivity contribution in [3.63, 3.8) is 0 Å². The Hall–Kier alpha value is -1.35. The highest BCUT2D eigenvalue weighted by atomic mass is 19.1. The lowest BCUT2D eigenvalue weighted by molar-refractivity contribution is 0.385. The van der Waals surface area contributed by atoms with Crippen LogP contribution in [0.2, 0.25) is 0 Å². The number of halogens is 1. The summed E-state index contributed by atoms with van der Waals surface area (Å²) in [6.07, 6.45) is 1.59. The molecule has 1 atom stereocenters. The Bertz CT molecular complexity index is 312. The molecule has 3 heteroatoms. The van der Waals surface area contributed by atoms with E-state index in [2.05, 4.69) is 6.58 Å². The van der Waals surface area contributed by atoms with Gasteiger partial charge < -0.3 is 10.5 Å². The van der Waals surface area contributed by atoms with Crippen molar-refractivity contribution in [1.82, 2.24) is 0 Å². The molecule has 0 radical (unpaired) electrons. The molecular weight excluding hydrogens is 169 g/mol. The van der Waals surface area contributed by atoms with Gasteiger partial charge >= 0.3 is 0 Å². The summed E-state index contributed by atoms with van der Waals surface area (Å²) >= 11 is 0. The van der Waals surface area contributed by atoms with Crippen LogP contribution < -0.4 is 10.5 Å². The van der Waals surface area contributed by atoms with E-state index in [1.54, 1.807) is 18.2 Å². The number of methoxy groups -OCH3 is 1. The van der Waals surface area contributed by atoms with Gasteiger partial charge in [0.1, 0.15) is 0 Å². The zero-order chi connectivity index (χ0) is 9.84. The summed E-state index contributed by atoms with van der Waals surface area (Å²) < 4.78 is 17.8. The van der Waals surface area contributed by atoms with Crippen LogP contribution in [0.5, 0.6) is 5.75 Å². The quantitative estimate of drug-likeness (QED) is 0.724. The Morgan fingerprint density at radius 3 is 2.85 bits per heavy atom. The first kappa shape index (κ1) is 9.74. The summed E-state index contributed by atoms with van der Waals surface area (Å²) in [6.45, 7) is 3.56. The third kappa shape index (κ3) is 2.06. The van der Waals surface area contributed by atoms with E-state index in [4.69, 9.17) is 10.5 Å². The zero-order valence-corrected chi connectivity index (χ0v) is 7.46. The molecule has 0 spiro atoms. The van der Waals surface area contributed by atoms with Gasteiger partial charge in [-0.15, -0.1) is 6.58 Å². The van der Waals surface area contributed by atoms with Gasteiger partial charge in [-0.05, 0) is 17.7 Å². The summed E-state index contributed by atoms with van der Waals surface area (Å²) in [5.41, 5.74) is 6.46. The van der Waals surface area contributed by atoms with Gasteiger partial charge in [-0.3, -0.25) is 0 Å². The lowest BCUT2D eigenvalue weighted by Gasteiger charge is -2.08. The zero-order valence-electron chi connectivity index (χ0n) is 7.46. The van der Waals surface area contributed by atoms with Crippen LogP contribution in [0.1, 0.15) is 11.6 Å². The van der Waals surface area contributed by atoms with Crippen LogP contribution in [-0.4, -0.2) is 7.11 Å². The lowest BCUT2D eigenvalue weighted by atomic mass is 10.1. The normalized spacial score (nSPS) is 12.2. The van der Waals surface area contributed by atoms with Gasteiger partial charge in [0, 0.05) is 6.04 Å². The second-order valence-corrected chi connectivity index (χ2v) is 2.66. The molecule has 2 nitrogen and oxygen atoms in total. The van der Waals surface area contributed by atoms with Crippen molar-refractivity contribution in [2.75, 3.05) is 7.11 Å². The highest BCUT2D eigenvalue weighted by Crippen LogP contribution is 2.21. The van der Waals surface area contributed by atoms with Crippen molar-refractivity contribution in [2.45, 2.75) is 6.04 Å². The van der Waals surface area contributed by atoms with Gasteiger partial charge in [-0.2, -0.15) is 0 Å². The maximum absolute atomic E-state index is 12.9. The molecule has 0 bridgehead atoms. The Balaban J connectivity index is 3.05. The van der Waals surface area contributed by atoms with Crippen molar-refractivity contribution >= 4 is 0 Å². The Kier molecular flexibility index (Phi) is 3.03. The molecule has 0 aliphatic carbocycles. The van der Waals surface area contributed by atoms with Crippen LogP contribution in [0.3, 0.4) is 0 Å². The first-order valence-corrected chi connectivity index (χ1v) is 3.90. The third-order valence-electron chi connectivity index (χ3n) is 1.81. The van der Waals surface area contributed by atoms with Crippen molar-refractivity contribution in [3.8, 4) is 5.75 Å². The van der Waals surface area contributed by atoms with Gasteiger partial charge in [0.25, 0.3) is 0 Å². The van der Waals surface area contributed by atoms with Crippen LogP contribution in [0, 0.1) is 5.82 Å². The van der Waals surface area contributed by atoms with E-state index < -0.39 is 0 Å². The number of nitrogens with two attached hydrogens (primary N) is 1. The molecule has 0 aliphatic heterocycles. The first-order valence-electron chi connectivity index (χ1n) is 3.90. The number of rotatable bonds is 3. The second kappa shape index (κ2) is 4.05. The molecule has 2 N–H and O–H groups in total. The Morgan fingerprint density at radius 1 is 1.62 bits per heavy atom. The fourth-order valence-electron chi connectivity index (χ4n) is 1.02. The molecule has 0 aliphatic rings. The van der Waals surface area contributed by atoms with E-state index in [0.29, 0.717) is 0 Å². The van der Waals surface area contributed by atoms with Crippen LogP contribution in [0.4, 0.5) is 4.39 Å². The highest BCUT2D eigenvalue weighted by Gasteiger charge is 2.06. The SMILES string of the molecule is C=C[C@@H](N)c1ccc(F)c(OC)c1. The fraction of sp³-hybridized carbons (Fsp3) is 0.200. The first-order chi connectivity index (χ1) is 6.19. The van der Waals surface area contributed by atoms with Gasteiger partial charge in [0.15, 0.2) is 11.6 Å². The van der Waals surface area contributed by atoms with Crippen molar-refractivity contribution in [2.24, 2.45) is 5.73 Å². The molecular formula is C10H12FNO. The van der Waals surface area contributed by atoms with E-state index in [0.717, 1.165) is 5.56 Å². The molecule has 0 fully saturated rings. The van der Waals surface area contributed by atoms with Gasteiger partial charge in [0.05, 0.1) is 7.11 Å². The van der Waals surface area contributed by atoms with E-state index in [1.165, 1.54) is 13.2 Å². The summed E-state index contributed by atoms with van der Waals surface area (Å²) in [5.74, 6) is -0.183. The summed E-state index contributed by atoms with van der Waals surface area (Å²) in [6, 6.07) is 4.23. The Morgan fingerprint density at radius 2 is 2.31 bits per heavy atom. The van der Waals surface area contributed by atoms with Crippen LogP contribution in [-0.2, 0) is 0 Å². The maximum atomic E-state index is 12.9. The minimum Gasteiger partial charge on any atom is -0.494 e. The topological polar surface area (TPSA) is 35.2 Å². The molecule has 13 heavy (non-hydrogen) atoms. The molecule has 1 aromatic rings. The standard InChI is InChI=1S/C10H12FNO/c1-3-9(12)7-4-5-8(11)10(6-7)13-2/h3-6,9H,1,12H2,2H3/t9-/m1/s1. The van der Waals surface area contributed by atoms with Crippen molar-refractivity contribution in [3.05, 3.63) is 42.2 Å². The summed E-state index contributed by atoms with van der Waals surface area (Å²) in [5, 5.41) is 0. The average molecular weight is 181 g/mol. The molecule has 0 saturated carbocycles. The van der Waals surface area contributed by atoms with E-state index in [1.807, 2.05) is 0 Å². The predicted octanol–water partition coefficient (Wildman–Crippen LogP) is 2.02. The smallest absolute Gasteiger partial charge is 0.165 e. The van der Waals surface area contributed by atoms with Gasteiger partial charge in [-0.25, -0.2) is 4.39 Å². The van der Waals surface area contributed by atoms with Gasteiger partial charge in [0.2, 0.25) is 0 Å². The molecule has 0 unspecified atom stereocenters. The number of hydrogen-bond acceptors (Lipinski definition) is 2. The highest BCUT2D eigenvalue weighted by molar-refractivity contribution is 5.33. The summed E-state index contributed by atoms with van der Waals surface area (Å²) in [4.78, 5) is 0. The molecule has 70 valence electrons. The van der Waals surface area contributed by atoms with Crippen molar-refractivity contribution < 1.29 is 9.13 Å². The summed E-state index contributed by atoms with van der Waals surface area (Å²) in [7, 11) is 1.42. The minimum absolute atomic E-state index is 0.204. The van der Waals surface area contributed by atoms with Crippen LogP contribution >= 0.6 is 0 Å². The molecule has 0 heterocycles. The number of ether oxygens (including phenoxy) is 1. The van der Waals surface area contributed by atoms with Crippen LogP contribution in [0.25, 0.3) is 0 Å². The Labute approximate surface area is 76.8 Å². The molecule has 0 aromatic heterocycles. The minimum atomic E-state index is -0.387. The molecule has 0 saturated heterocycles. The third-order valence-corrected chi connectivity index (χ3v) is 1.81. The average Bonchev–Trinajstić information content (AvgIpc) is 2.17.